The monoisotopic (exact) mass is 1000 g/mol. The second-order valence-corrected chi connectivity index (χ2v) is 18.2. The lowest BCUT2D eigenvalue weighted by Gasteiger charge is -2.12. The van der Waals surface area contributed by atoms with Crippen LogP contribution >= 0.6 is 0 Å². The summed E-state index contributed by atoms with van der Waals surface area (Å²) < 4.78 is 33.7. The number of aryl methyl sites for hydroxylation is 1. The molecule has 0 atom stereocenters. The summed E-state index contributed by atoms with van der Waals surface area (Å²) in [6.45, 7) is 4.10. The minimum Gasteiger partial charge on any atom is -0.478 e. The zero-order chi connectivity index (χ0) is 51.7. The Kier molecular flexibility index (Phi) is 15.5. The number of benzene rings is 4. The Morgan fingerprint density at radius 3 is 1.58 bits per heavy atom. The number of halogens is 2. The molecule has 0 unspecified atom stereocenters. The highest BCUT2D eigenvalue weighted by atomic mass is 19.1. The van der Waals surface area contributed by atoms with Gasteiger partial charge in [0.25, 0.3) is 11.8 Å². The summed E-state index contributed by atoms with van der Waals surface area (Å²) in [5.41, 5.74) is 7.10. The van der Waals surface area contributed by atoms with Crippen LogP contribution in [-0.2, 0) is 24.2 Å². The molecular weight excluding hydrogens is 951 g/mol. The number of aromatic nitrogens is 8. The summed E-state index contributed by atoms with van der Waals surface area (Å²) in [5.74, 6) is -0.734. The van der Waals surface area contributed by atoms with Crippen LogP contribution in [0.3, 0.4) is 0 Å². The number of ether oxygens (including phenoxy) is 1. The predicted molar refractivity (Wildman–Crippen MR) is 273 cm³/mol. The number of nitrogens with one attached hydrogen (secondary N) is 6. The number of carbonyl (C=O) groups is 4. The maximum absolute atomic E-state index is 14.4. The van der Waals surface area contributed by atoms with Gasteiger partial charge in [-0.1, -0.05) is 32.6 Å². The van der Waals surface area contributed by atoms with Crippen molar-refractivity contribution < 1.29 is 37.8 Å². The van der Waals surface area contributed by atoms with Gasteiger partial charge in [-0.05, 0) is 135 Å². The lowest BCUT2D eigenvalue weighted by Crippen LogP contribution is -2.24. The predicted octanol–water partition coefficient (Wildman–Crippen LogP) is 10.1. The molecule has 4 aromatic heterocycles. The van der Waals surface area contributed by atoms with Crippen LogP contribution in [0, 0.1) is 11.6 Å². The Balaban J connectivity index is 0.000000182. The number of carboxylic acids is 1. The molecule has 0 aliphatic heterocycles. The minimum absolute atomic E-state index is 0.0819. The molecule has 74 heavy (non-hydrogen) atoms. The van der Waals surface area contributed by atoms with Crippen LogP contribution < -0.4 is 21.3 Å². The molecule has 4 heterocycles. The van der Waals surface area contributed by atoms with E-state index in [0.717, 1.165) is 37.3 Å². The average Bonchev–Trinajstić information content (AvgIpc) is 4.25. The fourth-order valence-electron chi connectivity index (χ4n) is 9.41. The number of amides is 2. The van der Waals surface area contributed by atoms with Crippen molar-refractivity contribution in [2.75, 3.05) is 17.2 Å². The zero-order valence-electron chi connectivity index (χ0n) is 40.7. The number of esters is 1. The maximum Gasteiger partial charge on any atom is 0.338 e. The van der Waals surface area contributed by atoms with Gasteiger partial charge in [0.2, 0.25) is 0 Å². The van der Waals surface area contributed by atoms with Gasteiger partial charge in [0, 0.05) is 47.7 Å². The summed E-state index contributed by atoms with van der Waals surface area (Å²) in [4.78, 5) is 81.5. The molecule has 4 aromatic carbocycles. The molecular formula is C54H54F2N12O6. The number of rotatable bonds is 16. The number of hydrogen-bond acceptors (Lipinski definition) is 13. The highest BCUT2D eigenvalue weighted by molar-refractivity contribution is 6.03. The number of carbonyl (C=O) groups excluding carboxylic acids is 3. The average molecular weight is 1010 g/mol. The number of anilines is 4. The number of fused-ring (bicyclic) bond motifs is 2. The van der Waals surface area contributed by atoms with Gasteiger partial charge in [0.15, 0.2) is 22.7 Å². The van der Waals surface area contributed by atoms with E-state index in [-0.39, 0.29) is 30.0 Å². The third-order valence-corrected chi connectivity index (χ3v) is 13.0. The van der Waals surface area contributed by atoms with E-state index in [1.54, 1.807) is 55.5 Å². The van der Waals surface area contributed by atoms with Crippen molar-refractivity contribution in [1.82, 2.24) is 50.5 Å². The van der Waals surface area contributed by atoms with E-state index in [2.05, 4.69) is 61.1 Å². The minimum atomic E-state index is -0.988. The van der Waals surface area contributed by atoms with Crippen LogP contribution in [0.15, 0.2) is 91.5 Å². The standard InChI is InChI=1S/2C27H27FN6O3/c1-2-37-27(36)18-7-9-20(10-8-18)32-21-12-16(11-19(28)13-21)14-29-26(35)23-22-25(31-15-30-23)34-24(33-22)17-5-3-4-6-17;1-2-16-11-19(7-8-21(16)27(36)37)32-20-10-15(9-18(28)12-20)13-29-26(35)23-22-25(31-14-30-23)34-24(33-22)17-5-3-4-6-17/h7-13,15,17,32H,2-6,14H2,1H3,(H,29,35)(H,30,31,33,34);7-12,14,17,32H,2-6,13H2,1H3,(H,29,35)(H,36,37)(H,30,31,33,34). The number of aromatic amines is 2. The smallest absolute Gasteiger partial charge is 0.338 e. The molecule has 20 heteroatoms. The molecule has 2 fully saturated rings. The summed E-state index contributed by atoms with van der Waals surface area (Å²) in [7, 11) is 0. The van der Waals surface area contributed by atoms with E-state index in [1.165, 1.54) is 68.7 Å². The molecule has 2 aliphatic carbocycles. The largest absolute Gasteiger partial charge is 0.478 e. The molecule has 0 spiro atoms. The molecule has 18 nitrogen and oxygen atoms in total. The first-order chi connectivity index (χ1) is 35.9. The lowest BCUT2D eigenvalue weighted by molar-refractivity contribution is 0.0525. The molecule has 10 rings (SSSR count). The summed E-state index contributed by atoms with van der Waals surface area (Å²) >= 11 is 0. The highest BCUT2D eigenvalue weighted by Gasteiger charge is 2.25. The first kappa shape index (κ1) is 50.3. The quantitative estimate of drug-likeness (QED) is 0.0445. The second kappa shape index (κ2) is 22.8. The third kappa shape index (κ3) is 12.0. The van der Waals surface area contributed by atoms with Crippen LogP contribution in [-0.4, -0.2) is 75.3 Å². The van der Waals surface area contributed by atoms with Gasteiger partial charge >= 0.3 is 11.9 Å². The number of hydrogen-bond donors (Lipinski definition) is 7. The van der Waals surface area contributed by atoms with Gasteiger partial charge in [-0.3, -0.25) is 9.59 Å². The Hall–Kier alpha value is -8.68. The number of aromatic carboxylic acids is 1. The van der Waals surface area contributed by atoms with Crippen LogP contribution in [0.1, 0.15) is 147 Å². The molecule has 7 N–H and O–H groups in total. The Morgan fingerprint density at radius 2 is 1.11 bits per heavy atom. The van der Waals surface area contributed by atoms with Gasteiger partial charge in [0.1, 0.15) is 47.0 Å². The number of H-pyrrole nitrogens is 2. The lowest BCUT2D eigenvalue weighted by atomic mass is 10.0. The molecule has 2 aliphatic rings. The van der Waals surface area contributed by atoms with E-state index >= 15 is 0 Å². The summed E-state index contributed by atoms with van der Waals surface area (Å²) in [6, 6.07) is 20.5. The first-order valence-corrected chi connectivity index (χ1v) is 24.6. The van der Waals surface area contributed by atoms with Crippen LogP contribution in [0.2, 0.25) is 0 Å². The van der Waals surface area contributed by atoms with E-state index in [1.807, 2.05) is 6.92 Å². The van der Waals surface area contributed by atoms with Gasteiger partial charge in [0.05, 0.1) is 17.7 Å². The third-order valence-electron chi connectivity index (χ3n) is 13.0. The zero-order valence-corrected chi connectivity index (χ0v) is 40.7. The maximum atomic E-state index is 14.4. The second-order valence-electron chi connectivity index (χ2n) is 18.2. The van der Waals surface area contributed by atoms with E-state index in [0.29, 0.717) is 92.2 Å². The van der Waals surface area contributed by atoms with Gasteiger partial charge < -0.3 is 41.1 Å². The van der Waals surface area contributed by atoms with Crippen molar-refractivity contribution >= 4 is 68.8 Å². The normalized spacial score (nSPS) is 13.6. The number of carboxylic acid groups (broad SMARTS) is 1. The van der Waals surface area contributed by atoms with Crippen molar-refractivity contribution in [3.8, 4) is 0 Å². The molecule has 0 saturated heterocycles. The van der Waals surface area contributed by atoms with E-state index in [9.17, 15) is 33.1 Å². The number of nitrogens with zero attached hydrogens (tertiary/aromatic N) is 6. The van der Waals surface area contributed by atoms with Crippen LogP contribution in [0.4, 0.5) is 31.5 Å². The molecule has 0 radical (unpaired) electrons. The van der Waals surface area contributed by atoms with E-state index in [4.69, 9.17) is 4.74 Å². The summed E-state index contributed by atoms with van der Waals surface area (Å²) in [5, 5.41) is 21.2. The van der Waals surface area contributed by atoms with Crippen LogP contribution in [0.25, 0.3) is 22.3 Å². The molecule has 8 aromatic rings. The summed E-state index contributed by atoms with van der Waals surface area (Å²) in [6.07, 6.45) is 12.1. The van der Waals surface area contributed by atoms with Gasteiger partial charge in [-0.2, -0.15) is 0 Å². The molecule has 2 saturated carbocycles. The van der Waals surface area contributed by atoms with Crippen molar-refractivity contribution in [2.45, 2.75) is 96.6 Å². The van der Waals surface area contributed by atoms with E-state index < -0.39 is 35.4 Å². The Labute approximate surface area is 423 Å². The fraction of sp³-hybridized carbons (Fsp3) is 0.296. The first-order valence-electron chi connectivity index (χ1n) is 24.6. The number of imidazole rings is 2. The molecule has 2 amide bonds. The Morgan fingerprint density at radius 1 is 0.622 bits per heavy atom. The molecule has 0 bridgehead atoms. The fourth-order valence-corrected chi connectivity index (χ4v) is 9.41. The van der Waals surface area contributed by atoms with Crippen molar-refractivity contribution in [2.24, 2.45) is 0 Å². The molecule has 380 valence electrons. The van der Waals surface area contributed by atoms with Crippen LogP contribution in [0.5, 0.6) is 0 Å². The Bertz CT molecular complexity index is 3350. The SMILES string of the molecule is CCOC(=O)c1ccc(Nc2cc(F)cc(CNC(=O)c3ncnc4nc(C5CCCC5)[nH]c34)c2)cc1.CCc1cc(Nc2cc(F)cc(CNC(=O)c3ncnc4nc(C5CCCC5)[nH]c34)c2)ccc1C(=O)O. The van der Waals surface area contributed by atoms with Crippen molar-refractivity contribution in [3.05, 3.63) is 154 Å². The van der Waals surface area contributed by atoms with Gasteiger partial charge in [-0.25, -0.2) is 48.3 Å². The van der Waals surface area contributed by atoms with Gasteiger partial charge in [-0.15, -0.1) is 0 Å². The van der Waals surface area contributed by atoms with Crippen molar-refractivity contribution in [1.29, 1.82) is 0 Å². The van der Waals surface area contributed by atoms with Crippen molar-refractivity contribution in [3.63, 3.8) is 0 Å². The topological polar surface area (TPSA) is 255 Å². The highest BCUT2D eigenvalue weighted by Crippen LogP contribution is 2.35.